The molecule has 0 fully saturated rings. The lowest BCUT2D eigenvalue weighted by Crippen LogP contribution is -1.85. The van der Waals surface area contributed by atoms with Gasteiger partial charge in [-0.3, -0.25) is 0 Å². The molecule has 0 unspecified atom stereocenters. The Kier molecular flexibility index (Phi) is 2.50. The van der Waals surface area contributed by atoms with Gasteiger partial charge in [0.2, 0.25) is 5.89 Å². The molecule has 2 heterocycles. The van der Waals surface area contributed by atoms with Gasteiger partial charge in [0.1, 0.15) is 5.76 Å². The third kappa shape index (κ3) is 2.14. The molecule has 0 spiro atoms. The van der Waals surface area contributed by atoms with Gasteiger partial charge in [0, 0.05) is 11.0 Å². The van der Waals surface area contributed by atoms with Crippen LogP contribution in [0.15, 0.2) is 21.2 Å². The van der Waals surface area contributed by atoms with Gasteiger partial charge in [-0.1, -0.05) is 0 Å². The van der Waals surface area contributed by atoms with Crippen molar-refractivity contribution in [3.05, 3.63) is 39.9 Å². The third-order valence-electron chi connectivity index (χ3n) is 1.70. The molecule has 7 nitrogen and oxygen atoms in total. The van der Waals surface area contributed by atoms with Crippen LogP contribution in [0, 0.1) is 17.0 Å². The number of aromatic nitrogens is 2. The Bertz CT molecular complexity index is 540. The van der Waals surface area contributed by atoms with Crippen LogP contribution >= 0.6 is 0 Å². The first-order valence-electron chi connectivity index (χ1n) is 4.36. The highest BCUT2D eigenvalue weighted by Crippen LogP contribution is 2.14. The first kappa shape index (κ1) is 10.1. The molecule has 0 saturated heterocycles. The zero-order chi connectivity index (χ0) is 11.5. The smallest absolute Gasteiger partial charge is 0.442 e. The van der Waals surface area contributed by atoms with Crippen molar-refractivity contribution >= 4 is 18.2 Å². The van der Waals surface area contributed by atoms with Crippen molar-refractivity contribution in [1.82, 2.24) is 9.97 Å². The van der Waals surface area contributed by atoms with E-state index in [2.05, 4.69) is 9.97 Å². The normalized spacial score (nSPS) is 11.1. The van der Waals surface area contributed by atoms with Crippen molar-refractivity contribution in [3.8, 4) is 0 Å². The van der Waals surface area contributed by atoms with E-state index in [-0.39, 0.29) is 5.76 Å². The predicted molar refractivity (Wildman–Crippen MR) is 53.3 cm³/mol. The minimum Gasteiger partial charge on any atom is -0.442 e. The van der Waals surface area contributed by atoms with Gasteiger partial charge in [0.25, 0.3) is 0 Å². The van der Waals surface area contributed by atoms with E-state index in [1.165, 1.54) is 18.3 Å². The number of hydrogen-bond acceptors (Lipinski definition) is 6. The Hall–Kier alpha value is -2.44. The molecule has 0 radical (unpaired) electrons. The molecule has 0 amide bonds. The summed E-state index contributed by atoms with van der Waals surface area (Å²) in [6, 6.07) is -0.539. The van der Waals surface area contributed by atoms with Crippen LogP contribution in [0.5, 0.6) is 0 Å². The number of oxazole rings is 2. The highest BCUT2D eigenvalue weighted by molar-refractivity contribution is 5.62. The molecule has 16 heavy (non-hydrogen) atoms. The van der Waals surface area contributed by atoms with Gasteiger partial charge in [0.15, 0.2) is 12.0 Å². The van der Waals surface area contributed by atoms with Crippen molar-refractivity contribution in [2.24, 2.45) is 0 Å². The number of rotatable bonds is 3. The minimum absolute atomic E-state index is 0.266. The summed E-state index contributed by atoms with van der Waals surface area (Å²) in [5.74, 6) is 1.35. The number of nitro groups is 1. The fourth-order valence-corrected chi connectivity index (χ4v) is 1.04. The molecular weight excluding hydrogens is 214 g/mol. The van der Waals surface area contributed by atoms with Crippen molar-refractivity contribution in [2.45, 2.75) is 6.92 Å². The van der Waals surface area contributed by atoms with Gasteiger partial charge in [-0.25, -0.2) is 4.98 Å². The van der Waals surface area contributed by atoms with Gasteiger partial charge in [-0.15, -0.1) is 0 Å². The molecule has 0 aliphatic heterocycles. The maximum absolute atomic E-state index is 10.3. The maximum Gasteiger partial charge on any atom is 0.546 e. The summed E-state index contributed by atoms with van der Waals surface area (Å²) in [5, 5.41) is 10.3. The molecule has 82 valence electrons. The fourth-order valence-electron chi connectivity index (χ4n) is 1.04. The molecule has 0 N–H and O–H groups in total. The van der Waals surface area contributed by atoms with Gasteiger partial charge in [0.05, 0.1) is 6.20 Å². The lowest BCUT2D eigenvalue weighted by molar-refractivity contribution is -0.407. The van der Waals surface area contributed by atoms with E-state index in [0.29, 0.717) is 11.7 Å². The van der Waals surface area contributed by atoms with Gasteiger partial charge >= 0.3 is 6.01 Å². The lowest BCUT2D eigenvalue weighted by atomic mass is 10.4. The topological polar surface area (TPSA) is 95.2 Å². The first-order chi connectivity index (χ1) is 7.65. The van der Waals surface area contributed by atoms with Crippen LogP contribution in [-0.2, 0) is 0 Å². The highest BCUT2D eigenvalue weighted by atomic mass is 16.7. The number of aryl methyl sites for hydroxylation is 1. The third-order valence-corrected chi connectivity index (χ3v) is 1.70. The van der Waals surface area contributed by atoms with E-state index >= 15 is 0 Å². The summed E-state index contributed by atoms with van der Waals surface area (Å²) in [7, 11) is 0. The molecule has 0 saturated carbocycles. The molecule has 0 bridgehead atoms. The van der Waals surface area contributed by atoms with Crippen molar-refractivity contribution in [2.75, 3.05) is 0 Å². The zero-order valence-corrected chi connectivity index (χ0v) is 8.28. The largest absolute Gasteiger partial charge is 0.546 e. The SMILES string of the molecule is Cc1cnc(C=Cc2cnc([N+](=O)[O-])o2)o1. The van der Waals surface area contributed by atoms with E-state index in [4.69, 9.17) is 8.83 Å². The van der Waals surface area contributed by atoms with Crippen LogP contribution in [0.1, 0.15) is 17.4 Å². The number of hydrogen-bond donors (Lipinski definition) is 0. The minimum atomic E-state index is -0.702. The van der Waals surface area contributed by atoms with Gasteiger partial charge < -0.3 is 18.9 Å². The Morgan fingerprint density at radius 3 is 2.69 bits per heavy atom. The van der Waals surface area contributed by atoms with Crippen molar-refractivity contribution in [3.63, 3.8) is 0 Å². The summed E-state index contributed by atoms with van der Waals surface area (Å²) in [6.07, 6.45) is 5.86. The molecule has 0 atom stereocenters. The van der Waals surface area contributed by atoms with E-state index in [1.807, 2.05) is 0 Å². The molecule has 0 aromatic carbocycles. The Morgan fingerprint density at radius 1 is 1.31 bits per heavy atom. The Morgan fingerprint density at radius 2 is 2.12 bits per heavy atom. The monoisotopic (exact) mass is 221 g/mol. The second kappa shape index (κ2) is 3.97. The standard InChI is InChI=1S/C9H7N3O4/c1-6-4-10-8(15-6)3-2-7-5-11-9(16-7)12(13)14/h2-5H,1H3. The molecule has 7 heteroatoms. The summed E-state index contributed by atoms with van der Waals surface area (Å²) < 4.78 is 9.97. The fraction of sp³-hybridized carbons (Fsp3) is 0.111. The highest BCUT2D eigenvalue weighted by Gasteiger charge is 2.13. The molecular formula is C9H7N3O4. The van der Waals surface area contributed by atoms with Gasteiger partial charge in [-0.05, 0) is 18.0 Å². The van der Waals surface area contributed by atoms with Crippen molar-refractivity contribution in [1.29, 1.82) is 0 Å². The predicted octanol–water partition coefficient (Wildman–Crippen LogP) is 2.05. The quantitative estimate of drug-likeness (QED) is 0.581. The second-order valence-electron chi connectivity index (χ2n) is 2.94. The Labute approximate surface area is 89.6 Å². The molecule has 2 aromatic rings. The van der Waals surface area contributed by atoms with Crippen LogP contribution in [0.25, 0.3) is 12.2 Å². The zero-order valence-electron chi connectivity index (χ0n) is 8.28. The summed E-state index contributed by atoms with van der Waals surface area (Å²) >= 11 is 0. The maximum atomic E-state index is 10.3. The Balaban J connectivity index is 2.14. The van der Waals surface area contributed by atoms with Crippen LogP contribution in [0.4, 0.5) is 6.01 Å². The van der Waals surface area contributed by atoms with Crippen LogP contribution in [0.2, 0.25) is 0 Å². The van der Waals surface area contributed by atoms with Gasteiger partial charge in [-0.2, -0.15) is 0 Å². The van der Waals surface area contributed by atoms with E-state index in [9.17, 15) is 10.1 Å². The van der Waals surface area contributed by atoms with E-state index in [1.54, 1.807) is 13.1 Å². The molecule has 0 aliphatic rings. The average Bonchev–Trinajstić information content (AvgIpc) is 2.83. The van der Waals surface area contributed by atoms with Crippen LogP contribution in [-0.4, -0.2) is 14.9 Å². The number of nitrogens with zero attached hydrogens (tertiary/aromatic N) is 3. The lowest BCUT2D eigenvalue weighted by Gasteiger charge is -1.83. The summed E-state index contributed by atoms with van der Waals surface area (Å²) in [6.45, 7) is 1.77. The summed E-state index contributed by atoms with van der Waals surface area (Å²) in [4.78, 5) is 17.0. The van der Waals surface area contributed by atoms with E-state index < -0.39 is 10.9 Å². The first-order valence-corrected chi connectivity index (χ1v) is 4.36. The summed E-state index contributed by atoms with van der Waals surface area (Å²) in [5.41, 5.74) is 0. The average molecular weight is 221 g/mol. The van der Waals surface area contributed by atoms with Crippen LogP contribution in [0.3, 0.4) is 0 Å². The molecule has 0 aliphatic carbocycles. The molecule has 2 aromatic heterocycles. The van der Waals surface area contributed by atoms with Crippen molar-refractivity contribution < 1.29 is 13.8 Å². The molecule has 2 rings (SSSR count). The van der Waals surface area contributed by atoms with Crippen LogP contribution < -0.4 is 0 Å². The van der Waals surface area contributed by atoms with E-state index in [0.717, 1.165) is 0 Å². The second-order valence-corrected chi connectivity index (χ2v) is 2.94.